The fourth-order valence-corrected chi connectivity index (χ4v) is 1.99. The Balaban J connectivity index is 2.54. The van der Waals surface area contributed by atoms with Crippen molar-refractivity contribution in [3.8, 4) is 0 Å². The van der Waals surface area contributed by atoms with Gasteiger partial charge in [0.05, 0.1) is 0 Å². The van der Waals surface area contributed by atoms with E-state index in [1.165, 1.54) is 0 Å². The summed E-state index contributed by atoms with van der Waals surface area (Å²) in [5, 5.41) is 14.2. The van der Waals surface area contributed by atoms with Gasteiger partial charge in [0.15, 0.2) is 0 Å². The highest BCUT2D eigenvalue weighted by atomic mass is 16.4. The fourth-order valence-electron chi connectivity index (χ4n) is 1.99. The molecule has 6 nitrogen and oxygen atoms in total. The minimum absolute atomic E-state index is 0.139. The van der Waals surface area contributed by atoms with Crippen molar-refractivity contribution in [2.45, 2.75) is 39.2 Å². The van der Waals surface area contributed by atoms with E-state index < -0.39 is 17.9 Å². The number of carboxylic acid groups (broad SMARTS) is 1. The fraction of sp³-hybridized carbons (Fsp3) is 0.750. The van der Waals surface area contributed by atoms with Gasteiger partial charge in [-0.15, -0.1) is 0 Å². The van der Waals surface area contributed by atoms with Crippen molar-refractivity contribution < 1.29 is 19.5 Å². The van der Waals surface area contributed by atoms with Crippen molar-refractivity contribution in [1.29, 1.82) is 0 Å². The number of carboxylic acids is 1. The number of nitrogens with one attached hydrogen (secondary N) is 2. The third-order valence-corrected chi connectivity index (χ3v) is 2.94. The molecule has 1 aliphatic rings. The maximum Gasteiger partial charge on any atom is 0.326 e. The van der Waals surface area contributed by atoms with Gasteiger partial charge in [-0.1, -0.05) is 13.8 Å². The summed E-state index contributed by atoms with van der Waals surface area (Å²) in [5.74, 6) is -1.75. The Kier molecular flexibility index (Phi) is 5.12. The molecule has 0 radical (unpaired) electrons. The van der Waals surface area contributed by atoms with Crippen LogP contribution in [0.25, 0.3) is 0 Å². The van der Waals surface area contributed by atoms with Gasteiger partial charge in [-0.05, 0) is 18.8 Å². The van der Waals surface area contributed by atoms with Gasteiger partial charge in [0.2, 0.25) is 11.8 Å². The molecule has 0 bridgehead atoms. The molecular formula is C12H20N2O4. The maximum atomic E-state index is 11.9. The first kappa shape index (κ1) is 14.5. The minimum atomic E-state index is -1.03. The van der Waals surface area contributed by atoms with Gasteiger partial charge in [-0.3, -0.25) is 9.59 Å². The van der Waals surface area contributed by atoms with Crippen LogP contribution in [0, 0.1) is 11.8 Å². The smallest absolute Gasteiger partial charge is 0.326 e. The van der Waals surface area contributed by atoms with Crippen molar-refractivity contribution in [1.82, 2.24) is 10.6 Å². The molecule has 3 N–H and O–H groups in total. The zero-order valence-electron chi connectivity index (χ0n) is 10.7. The minimum Gasteiger partial charge on any atom is -0.480 e. The average molecular weight is 256 g/mol. The number of carbonyl (C=O) groups excluding carboxylic acids is 2. The summed E-state index contributed by atoms with van der Waals surface area (Å²) < 4.78 is 0. The maximum absolute atomic E-state index is 11.9. The highest BCUT2D eigenvalue weighted by Crippen LogP contribution is 2.14. The Hall–Kier alpha value is -1.59. The van der Waals surface area contributed by atoms with E-state index in [9.17, 15) is 14.4 Å². The monoisotopic (exact) mass is 256 g/mol. The van der Waals surface area contributed by atoms with Gasteiger partial charge >= 0.3 is 5.97 Å². The number of piperidine rings is 1. The molecular weight excluding hydrogens is 236 g/mol. The quantitative estimate of drug-likeness (QED) is 0.651. The van der Waals surface area contributed by atoms with Gasteiger partial charge in [0, 0.05) is 18.9 Å². The van der Waals surface area contributed by atoms with Crippen LogP contribution in [0.3, 0.4) is 0 Å². The molecule has 1 unspecified atom stereocenters. The Morgan fingerprint density at radius 2 is 2.17 bits per heavy atom. The van der Waals surface area contributed by atoms with Crippen molar-refractivity contribution in [2.75, 3.05) is 6.54 Å². The predicted octanol–water partition coefficient (Wildman–Crippen LogP) is 0.128. The topological polar surface area (TPSA) is 95.5 Å². The molecule has 6 heteroatoms. The van der Waals surface area contributed by atoms with Gasteiger partial charge in [0.25, 0.3) is 0 Å². The molecule has 1 rings (SSSR count). The second-order valence-corrected chi connectivity index (χ2v) is 5.07. The summed E-state index contributed by atoms with van der Waals surface area (Å²) in [6.07, 6.45) is 1.09. The first-order valence-corrected chi connectivity index (χ1v) is 6.20. The summed E-state index contributed by atoms with van der Waals surface area (Å²) in [4.78, 5) is 34.1. The van der Waals surface area contributed by atoms with Crippen LogP contribution < -0.4 is 10.6 Å². The molecule has 1 saturated heterocycles. The molecule has 18 heavy (non-hydrogen) atoms. The molecule has 0 saturated carbocycles. The van der Waals surface area contributed by atoms with E-state index in [-0.39, 0.29) is 24.2 Å². The zero-order valence-corrected chi connectivity index (χ0v) is 10.7. The Labute approximate surface area is 106 Å². The van der Waals surface area contributed by atoms with Crippen molar-refractivity contribution in [2.24, 2.45) is 11.8 Å². The van der Waals surface area contributed by atoms with Crippen LogP contribution in [-0.2, 0) is 14.4 Å². The number of carbonyl (C=O) groups is 3. The van der Waals surface area contributed by atoms with E-state index in [2.05, 4.69) is 10.6 Å². The standard InChI is InChI=1S/C12H20N2O4/c1-7(2)5-9(12(17)18)14-11(16)8-3-4-13-10(15)6-8/h7-9H,3-6H2,1-2H3,(H,13,15)(H,14,16)(H,17,18)/t8?,9-/m1/s1. The van der Waals surface area contributed by atoms with E-state index in [1.54, 1.807) is 0 Å². The summed E-state index contributed by atoms with van der Waals surface area (Å²) >= 11 is 0. The number of aliphatic carboxylic acids is 1. The predicted molar refractivity (Wildman–Crippen MR) is 64.8 cm³/mol. The molecule has 0 spiro atoms. The van der Waals surface area contributed by atoms with Gasteiger partial charge < -0.3 is 15.7 Å². The van der Waals surface area contributed by atoms with Crippen LogP contribution in [0.2, 0.25) is 0 Å². The van der Waals surface area contributed by atoms with E-state index >= 15 is 0 Å². The van der Waals surface area contributed by atoms with Crippen LogP contribution in [-0.4, -0.2) is 35.5 Å². The first-order valence-electron chi connectivity index (χ1n) is 6.20. The summed E-state index contributed by atoms with van der Waals surface area (Å²) in [5.41, 5.74) is 0. The molecule has 1 fully saturated rings. The summed E-state index contributed by atoms with van der Waals surface area (Å²) in [7, 11) is 0. The third-order valence-electron chi connectivity index (χ3n) is 2.94. The van der Waals surface area contributed by atoms with Crippen LogP contribution in [0.15, 0.2) is 0 Å². The number of rotatable bonds is 5. The molecule has 102 valence electrons. The lowest BCUT2D eigenvalue weighted by Crippen LogP contribution is -2.47. The van der Waals surface area contributed by atoms with Crippen molar-refractivity contribution in [3.05, 3.63) is 0 Å². The first-order chi connectivity index (χ1) is 8.40. The SMILES string of the molecule is CC(C)C[C@@H](NC(=O)C1CCNC(=O)C1)C(=O)O. The molecule has 2 atom stereocenters. The lowest BCUT2D eigenvalue weighted by Gasteiger charge is -2.24. The molecule has 1 heterocycles. The van der Waals surface area contributed by atoms with Crippen molar-refractivity contribution in [3.63, 3.8) is 0 Å². The largest absolute Gasteiger partial charge is 0.480 e. The summed E-state index contributed by atoms with van der Waals surface area (Å²) in [6, 6.07) is -0.873. The molecule has 2 amide bonds. The van der Waals surface area contributed by atoms with Gasteiger partial charge in [-0.2, -0.15) is 0 Å². The highest BCUT2D eigenvalue weighted by Gasteiger charge is 2.29. The number of hydrogen-bond acceptors (Lipinski definition) is 3. The molecule has 0 aromatic carbocycles. The van der Waals surface area contributed by atoms with Crippen LogP contribution >= 0.6 is 0 Å². The lowest BCUT2D eigenvalue weighted by atomic mass is 9.95. The van der Waals surface area contributed by atoms with E-state index in [0.29, 0.717) is 19.4 Å². The highest BCUT2D eigenvalue weighted by molar-refractivity contribution is 5.89. The van der Waals surface area contributed by atoms with Crippen LogP contribution in [0.4, 0.5) is 0 Å². The zero-order chi connectivity index (χ0) is 13.7. The van der Waals surface area contributed by atoms with E-state index in [4.69, 9.17) is 5.11 Å². The van der Waals surface area contributed by atoms with E-state index in [0.717, 1.165) is 0 Å². The Morgan fingerprint density at radius 1 is 1.50 bits per heavy atom. The number of amides is 2. The second kappa shape index (κ2) is 6.37. The second-order valence-electron chi connectivity index (χ2n) is 5.07. The Morgan fingerprint density at radius 3 is 2.67 bits per heavy atom. The third kappa shape index (κ3) is 4.35. The van der Waals surface area contributed by atoms with Crippen LogP contribution in [0.5, 0.6) is 0 Å². The normalized spacial score (nSPS) is 21.3. The average Bonchev–Trinajstić information content (AvgIpc) is 2.27. The lowest BCUT2D eigenvalue weighted by molar-refractivity contribution is -0.143. The van der Waals surface area contributed by atoms with Crippen molar-refractivity contribution >= 4 is 17.8 Å². The Bertz CT molecular complexity index is 341. The van der Waals surface area contributed by atoms with E-state index in [1.807, 2.05) is 13.8 Å². The van der Waals surface area contributed by atoms with Gasteiger partial charge in [0.1, 0.15) is 6.04 Å². The van der Waals surface area contributed by atoms with Gasteiger partial charge in [-0.25, -0.2) is 4.79 Å². The molecule has 0 aromatic rings. The van der Waals surface area contributed by atoms with Crippen LogP contribution in [0.1, 0.15) is 33.1 Å². The number of hydrogen-bond donors (Lipinski definition) is 3. The molecule has 0 aromatic heterocycles. The summed E-state index contributed by atoms with van der Waals surface area (Å²) in [6.45, 7) is 4.27. The molecule has 0 aliphatic carbocycles. The molecule has 1 aliphatic heterocycles.